The zero-order chi connectivity index (χ0) is 18.4. The molecule has 0 heterocycles. The van der Waals surface area contributed by atoms with Gasteiger partial charge in [0.2, 0.25) is 5.91 Å². The highest BCUT2D eigenvalue weighted by Gasteiger charge is 2.15. The number of hydrogen-bond acceptors (Lipinski definition) is 4. The van der Waals surface area contributed by atoms with E-state index in [2.05, 4.69) is 5.32 Å². The smallest absolute Gasteiger partial charge is 0.257 e. The lowest BCUT2D eigenvalue weighted by atomic mass is 10.2. The summed E-state index contributed by atoms with van der Waals surface area (Å²) in [6.45, 7) is 0.0716. The fourth-order valence-corrected chi connectivity index (χ4v) is 2.46. The molecule has 25 heavy (non-hydrogen) atoms. The van der Waals surface area contributed by atoms with Crippen LogP contribution in [0.5, 0.6) is 5.75 Å². The minimum atomic E-state index is -0.509. The van der Waals surface area contributed by atoms with Gasteiger partial charge < -0.3 is 4.74 Å². The van der Waals surface area contributed by atoms with Crippen molar-refractivity contribution in [3.05, 3.63) is 64.4 Å². The molecule has 0 aliphatic rings. The van der Waals surface area contributed by atoms with Crippen LogP contribution in [0.4, 0.5) is 4.39 Å². The molecule has 2 amide bonds. The second-order valence-corrected chi connectivity index (χ2v) is 5.89. The molecule has 5 nitrogen and oxygen atoms in total. The maximum atomic E-state index is 13.8. The van der Waals surface area contributed by atoms with Gasteiger partial charge in [0.1, 0.15) is 11.6 Å². The third-order valence-corrected chi connectivity index (χ3v) is 3.86. The van der Waals surface area contributed by atoms with Crippen molar-refractivity contribution in [3.63, 3.8) is 0 Å². The van der Waals surface area contributed by atoms with Crippen molar-refractivity contribution in [1.29, 1.82) is 0 Å². The number of benzene rings is 2. The van der Waals surface area contributed by atoms with Crippen molar-refractivity contribution < 1.29 is 18.7 Å². The maximum absolute atomic E-state index is 13.8. The minimum absolute atomic E-state index is 0.0768. The molecule has 0 aliphatic carbocycles. The van der Waals surface area contributed by atoms with E-state index in [1.807, 2.05) is 0 Å². The normalized spacial score (nSPS) is 10.6. The highest BCUT2D eigenvalue weighted by atomic mass is 35.5. The van der Waals surface area contributed by atoms with Crippen molar-refractivity contribution in [2.24, 2.45) is 0 Å². The SMILES string of the molecule is COc1ccc(C(=O)NC(=O)CN(C)Cc2c(F)cccc2Cl)cc1. The lowest BCUT2D eigenvalue weighted by Crippen LogP contribution is -2.38. The van der Waals surface area contributed by atoms with Gasteiger partial charge in [-0.25, -0.2) is 4.39 Å². The van der Waals surface area contributed by atoms with Gasteiger partial charge in [-0.3, -0.25) is 19.8 Å². The third kappa shape index (κ3) is 5.27. The first kappa shape index (κ1) is 18.9. The molecule has 0 aliphatic heterocycles. The Morgan fingerprint density at radius 3 is 2.48 bits per heavy atom. The molecule has 0 atom stereocenters. The Morgan fingerprint density at radius 1 is 1.20 bits per heavy atom. The quantitative estimate of drug-likeness (QED) is 0.856. The molecule has 0 saturated carbocycles. The second-order valence-electron chi connectivity index (χ2n) is 5.48. The van der Waals surface area contributed by atoms with Crippen LogP contribution in [0.15, 0.2) is 42.5 Å². The first-order valence-electron chi connectivity index (χ1n) is 7.50. The molecule has 0 unspecified atom stereocenters. The van der Waals surface area contributed by atoms with E-state index in [1.54, 1.807) is 42.3 Å². The molecule has 0 spiro atoms. The summed E-state index contributed by atoms with van der Waals surface area (Å²) < 4.78 is 18.8. The largest absolute Gasteiger partial charge is 0.497 e. The zero-order valence-corrected chi connectivity index (χ0v) is 14.6. The van der Waals surface area contributed by atoms with Crippen LogP contribution in [0.1, 0.15) is 15.9 Å². The fraction of sp³-hybridized carbons (Fsp3) is 0.222. The molecule has 2 aromatic rings. The summed E-state index contributed by atoms with van der Waals surface area (Å²) >= 11 is 5.97. The summed E-state index contributed by atoms with van der Waals surface area (Å²) in [5, 5.41) is 2.59. The summed E-state index contributed by atoms with van der Waals surface area (Å²) in [7, 11) is 3.16. The molecular formula is C18H18ClFN2O3. The molecular weight excluding hydrogens is 347 g/mol. The Kier molecular flexibility index (Phi) is 6.50. The number of nitrogens with zero attached hydrogens (tertiary/aromatic N) is 1. The van der Waals surface area contributed by atoms with Gasteiger partial charge in [0.25, 0.3) is 5.91 Å². The third-order valence-electron chi connectivity index (χ3n) is 3.51. The van der Waals surface area contributed by atoms with Gasteiger partial charge in [0.15, 0.2) is 0 Å². The van der Waals surface area contributed by atoms with Crippen molar-refractivity contribution in [2.75, 3.05) is 20.7 Å². The summed E-state index contributed by atoms with van der Waals surface area (Å²) in [6, 6.07) is 10.8. The minimum Gasteiger partial charge on any atom is -0.497 e. The van der Waals surface area contributed by atoms with Gasteiger partial charge in [0.05, 0.1) is 13.7 Å². The number of amides is 2. The van der Waals surface area contributed by atoms with Crippen LogP contribution in [0, 0.1) is 5.82 Å². The number of methoxy groups -OCH3 is 1. The first-order valence-corrected chi connectivity index (χ1v) is 7.88. The second kappa shape index (κ2) is 8.60. The molecule has 0 radical (unpaired) electrons. The van der Waals surface area contributed by atoms with Crippen LogP contribution in [0.25, 0.3) is 0 Å². The lowest BCUT2D eigenvalue weighted by molar-refractivity contribution is -0.121. The number of imide groups is 1. The number of likely N-dealkylation sites (N-methyl/N-ethyl adjacent to an activating group) is 1. The predicted molar refractivity (Wildman–Crippen MR) is 93.2 cm³/mol. The molecule has 0 aromatic heterocycles. The van der Waals surface area contributed by atoms with Crippen LogP contribution in [-0.2, 0) is 11.3 Å². The molecule has 0 bridgehead atoms. The van der Waals surface area contributed by atoms with Crippen LogP contribution >= 0.6 is 11.6 Å². The van der Waals surface area contributed by atoms with Crippen molar-refractivity contribution in [3.8, 4) is 5.75 Å². The van der Waals surface area contributed by atoms with E-state index in [4.69, 9.17) is 16.3 Å². The lowest BCUT2D eigenvalue weighted by Gasteiger charge is -2.17. The molecule has 2 rings (SSSR count). The maximum Gasteiger partial charge on any atom is 0.257 e. The molecule has 0 saturated heterocycles. The van der Waals surface area contributed by atoms with Crippen LogP contribution < -0.4 is 10.1 Å². The summed E-state index contributed by atoms with van der Waals surface area (Å²) in [5.41, 5.74) is 0.648. The van der Waals surface area contributed by atoms with E-state index in [9.17, 15) is 14.0 Å². The van der Waals surface area contributed by atoms with E-state index in [1.165, 1.54) is 19.2 Å². The number of carbonyl (C=O) groups excluding carboxylic acids is 2. The van der Waals surface area contributed by atoms with Gasteiger partial charge >= 0.3 is 0 Å². The highest BCUT2D eigenvalue weighted by Crippen LogP contribution is 2.20. The Bertz CT molecular complexity index is 745. The number of halogens is 2. The average Bonchev–Trinajstić information content (AvgIpc) is 2.58. The van der Waals surface area contributed by atoms with Gasteiger partial charge in [0, 0.05) is 22.7 Å². The highest BCUT2D eigenvalue weighted by molar-refractivity contribution is 6.31. The van der Waals surface area contributed by atoms with E-state index < -0.39 is 17.6 Å². The Morgan fingerprint density at radius 2 is 1.88 bits per heavy atom. The van der Waals surface area contributed by atoms with Gasteiger partial charge in [-0.05, 0) is 43.4 Å². The fourth-order valence-electron chi connectivity index (χ4n) is 2.24. The number of nitrogens with one attached hydrogen (secondary N) is 1. The molecule has 1 N–H and O–H groups in total. The van der Waals surface area contributed by atoms with E-state index in [-0.39, 0.29) is 13.1 Å². The van der Waals surface area contributed by atoms with Crippen molar-refractivity contribution >= 4 is 23.4 Å². The summed E-state index contributed by atoms with van der Waals surface area (Å²) in [4.78, 5) is 25.6. The summed E-state index contributed by atoms with van der Waals surface area (Å²) in [5.74, 6) is -0.820. The van der Waals surface area contributed by atoms with E-state index >= 15 is 0 Å². The van der Waals surface area contributed by atoms with Crippen LogP contribution in [0.3, 0.4) is 0 Å². The van der Waals surface area contributed by atoms with Crippen molar-refractivity contribution in [1.82, 2.24) is 10.2 Å². The topological polar surface area (TPSA) is 58.6 Å². The number of hydrogen-bond donors (Lipinski definition) is 1. The molecule has 2 aromatic carbocycles. The number of carbonyl (C=O) groups is 2. The number of ether oxygens (including phenoxy) is 1. The first-order chi connectivity index (χ1) is 11.9. The van der Waals surface area contributed by atoms with E-state index in [0.29, 0.717) is 21.9 Å². The summed E-state index contributed by atoms with van der Waals surface area (Å²) in [6.07, 6.45) is 0. The Labute approximate surface area is 150 Å². The molecule has 7 heteroatoms. The zero-order valence-electron chi connectivity index (χ0n) is 13.9. The van der Waals surface area contributed by atoms with Gasteiger partial charge in [-0.2, -0.15) is 0 Å². The van der Waals surface area contributed by atoms with Crippen molar-refractivity contribution in [2.45, 2.75) is 6.54 Å². The van der Waals surface area contributed by atoms with Gasteiger partial charge in [-0.1, -0.05) is 17.7 Å². The average molecular weight is 365 g/mol. The predicted octanol–water partition coefficient (Wildman–Crippen LogP) is 2.88. The van der Waals surface area contributed by atoms with Gasteiger partial charge in [-0.15, -0.1) is 0 Å². The Hall–Kier alpha value is -2.44. The monoisotopic (exact) mass is 364 g/mol. The van der Waals surface area contributed by atoms with Crippen LogP contribution in [-0.4, -0.2) is 37.4 Å². The number of rotatable bonds is 6. The molecule has 0 fully saturated rings. The standard InChI is InChI=1S/C18H18ClFN2O3/c1-22(10-14-15(19)4-3-5-16(14)20)11-17(23)21-18(24)12-6-8-13(25-2)9-7-12/h3-9H,10-11H2,1-2H3,(H,21,23,24). The molecule has 132 valence electrons. The Balaban J connectivity index is 1.91. The van der Waals surface area contributed by atoms with E-state index in [0.717, 1.165) is 0 Å². The van der Waals surface area contributed by atoms with Crippen LogP contribution in [0.2, 0.25) is 5.02 Å².